The van der Waals surface area contributed by atoms with Gasteiger partial charge >= 0.3 is 5.97 Å². The van der Waals surface area contributed by atoms with Crippen LogP contribution in [0.15, 0.2) is 18.3 Å². The Morgan fingerprint density at radius 3 is 2.88 bits per heavy atom. The second-order valence-corrected chi connectivity index (χ2v) is 4.11. The average Bonchev–Trinajstić information content (AvgIpc) is 2.22. The van der Waals surface area contributed by atoms with Gasteiger partial charge in [-0.05, 0) is 12.1 Å². The minimum atomic E-state index is -2.58. The van der Waals surface area contributed by atoms with Crippen LogP contribution >= 0.6 is 0 Å². The van der Waals surface area contributed by atoms with Crippen LogP contribution in [0.5, 0.6) is 0 Å². The van der Waals surface area contributed by atoms with Crippen LogP contribution < -0.4 is 4.90 Å². The molecule has 1 saturated heterocycles. The van der Waals surface area contributed by atoms with Crippen LogP contribution in [0.25, 0.3) is 0 Å². The first-order valence-corrected chi connectivity index (χ1v) is 5.27. The van der Waals surface area contributed by atoms with Gasteiger partial charge in [-0.15, -0.1) is 0 Å². The molecule has 1 aromatic rings. The second kappa shape index (κ2) is 4.65. The number of aromatic nitrogens is 1. The number of rotatable bonds is 4. The van der Waals surface area contributed by atoms with Crippen LogP contribution in [-0.2, 0) is 4.79 Å². The zero-order valence-corrected chi connectivity index (χ0v) is 9.01. The number of nitrogens with zero attached hydrogens (tertiary/aromatic N) is 2. The molecule has 2 heterocycles. The van der Waals surface area contributed by atoms with Crippen molar-refractivity contribution in [1.82, 2.24) is 4.98 Å². The summed E-state index contributed by atoms with van der Waals surface area (Å²) in [5, 5.41) is 8.59. The van der Waals surface area contributed by atoms with Crippen molar-refractivity contribution < 1.29 is 18.7 Å². The summed E-state index contributed by atoms with van der Waals surface area (Å²) >= 11 is 0. The predicted octanol–water partition coefficient (Wildman–Crippen LogP) is 1.93. The van der Waals surface area contributed by atoms with Gasteiger partial charge in [0.15, 0.2) is 0 Å². The van der Waals surface area contributed by atoms with Crippen LogP contribution in [0, 0.1) is 5.92 Å². The first kappa shape index (κ1) is 11.8. The Kier molecular flexibility index (Phi) is 3.21. The standard InChI is InChI=1S/C11H12F2N2O2/c12-11(13)9-4-8(1-2-14-9)15-5-7(6-15)3-10(16)17/h1-2,4,7,11H,3,5-6H2,(H,16,17). The maximum Gasteiger partial charge on any atom is 0.303 e. The van der Waals surface area contributed by atoms with E-state index in [9.17, 15) is 13.6 Å². The summed E-state index contributed by atoms with van der Waals surface area (Å²) in [5.74, 6) is -0.715. The SMILES string of the molecule is O=C(O)CC1CN(c2ccnc(C(F)F)c2)C1. The second-order valence-electron chi connectivity index (χ2n) is 4.11. The van der Waals surface area contributed by atoms with E-state index in [1.165, 1.54) is 12.3 Å². The fourth-order valence-corrected chi connectivity index (χ4v) is 1.91. The third-order valence-electron chi connectivity index (χ3n) is 2.77. The maximum atomic E-state index is 12.4. The van der Waals surface area contributed by atoms with Crippen molar-refractivity contribution in [2.24, 2.45) is 5.92 Å². The van der Waals surface area contributed by atoms with Gasteiger partial charge in [-0.3, -0.25) is 9.78 Å². The molecule has 0 atom stereocenters. The highest BCUT2D eigenvalue weighted by molar-refractivity contribution is 5.67. The number of pyridine rings is 1. The summed E-state index contributed by atoms with van der Waals surface area (Å²) in [5.41, 5.74) is 0.432. The molecule has 1 aliphatic rings. The van der Waals surface area contributed by atoms with E-state index in [1.807, 2.05) is 4.90 Å². The predicted molar refractivity (Wildman–Crippen MR) is 57.1 cm³/mol. The number of carboxylic acid groups (broad SMARTS) is 1. The van der Waals surface area contributed by atoms with E-state index >= 15 is 0 Å². The number of anilines is 1. The van der Waals surface area contributed by atoms with Crippen molar-refractivity contribution in [3.05, 3.63) is 24.0 Å². The summed E-state index contributed by atoms with van der Waals surface area (Å²) in [6.07, 6.45) is -1.10. The van der Waals surface area contributed by atoms with E-state index in [4.69, 9.17) is 5.11 Å². The highest BCUT2D eigenvalue weighted by atomic mass is 19.3. The zero-order chi connectivity index (χ0) is 12.4. The number of carbonyl (C=O) groups is 1. The molecule has 0 aromatic carbocycles. The Labute approximate surface area is 96.9 Å². The lowest BCUT2D eigenvalue weighted by Crippen LogP contribution is -2.47. The molecular formula is C11H12F2N2O2. The van der Waals surface area contributed by atoms with Crippen LogP contribution in [0.3, 0.4) is 0 Å². The minimum Gasteiger partial charge on any atom is -0.481 e. The van der Waals surface area contributed by atoms with Crippen molar-refractivity contribution in [2.75, 3.05) is 18.0 Å². The summed E-state index contributed by atoms with van der Waals surface area (Å²) in [4.78, 5) is 15.9. The molecule has 1 aliphatic heterocycles. The quantitative estimate of drug-likeness (QED) is 0.876. The van der Waals surface area contributed by atoms with E-state index < -0.39 is 12.4 Å². The topological polar surface area (TPSA) is 53.4 Å². The molecular weight excluding hydrogens is 230 g/mol. The molecule has 0 unspecified atom stereocenters. The molecule has 0 aliphatic carbocycles. The van der Waals surface area contributed by atoms with Crippen molar-refractivity contribution in [1.29, 1.82) is 0 Å². The molecule has 0 amide bonds. The molecule has 1 fully saturated rings. The highest BCUT2D eigenvalue weighted by Crippen LogP contribution is 2.28. The normalized spacial score (nSPS) is 16.1. The van der Waals surface area contributed by atoms with Gasteiger partial charge in [0.2, 0.25) is 0 Å². The molecule has 17 heavy (non-hydrogen) atoms. The van der Waals surface area contributed by atoms with Gasteiger partial charge in [-0.1, -0.05) is 0 Å². The Morgan fingerprint density at radius 1 is 1.59 bits per heavy atom. The third kappa shape index (κ3) is 2.69. The molecule has 0 radical (unpaired) electrons. The Morgan fingerprint density at radius 2 is 2.29 bits per heavy atom. The van der Waals surface area contributed by atoms with E-state index in [1.54, 1.807) is 6.07 Å². The van der Waals surface area contributed by atoms with E-state index in [2.05, 4.69) is 4.98 Å². The molecule has 6 heteroatoms. The molecule has 0 saturated carbocycles. The number of carboxylic acids is 1. The van der Waals surface area contributed by atoms with Crippen molar-refractivity contribution in [3.63, 3.8) is 0 Å². The molecule has 1 N–H and O–H groups in total. The molecule has 1 aromatic heterocycles. The Balaban J connectivity index is 1.96. The first-order valence-electron chi connectivity index (χ1n) is 5.27. The number of aliphatic carboxylic acids is 1. The smallest absolute Gasteiger partial charge is 0.303 e. The lowest BCUT2D eigenvalue weighted by atomic mass is 9.96. The average molecular weight is 242 g/mol. The van der Waals surface area contributed by atoms with Gasteiger partial charge in [0, 0.05) is 30.9 Å². The van der Waals surface area contributed by atoms with Crippen molar-refractivity contribution in [3.8, 4) is 0 Å². The zero-order valence-electron chi connectivity index (χ0n) is 9.01. The first-order chi connectivity index (χ1) is 8.06. The molecule has 92 valence electrons. The van der Waals surface area contributed by atoms with Crippen molar-refractivity contribution >= 4 is 11.7 Å². The number of hydrogen-bond donors (Lipinski definition) is 1. The fourth-order valence-electron chi connectivity index (χ4n) is 1.91. The Bertz CT molecular complexity index is 420. The largest absolute Gasteiger partial charge is 0.481 e. The summed E-state index contributed by atoms with van der Waals surface area (Å²) < 4.78 is 24.8. The molecule has 4 nitrogen and oxygen atoms in total. The fraction of sp³-hybridized carbons (Fsp3) is 0.455. The van der Waals surface area contributed by atoms with Gasteiger partial charge in [-0.25, -0.2) is 8.78 Å². The van der Waals surface area contributed by atoms with Gasteiger partial charge in [0.1, 0.15) is 5.69 Å². The molecule has 2 rings (SSSR count). The number of halogens is 2. The maximum absolute atomic E-state index is 12.4. The van der Waals surface area contributed by atoms with Crippen molar-refractivity contribution in [2.45, 2.75) is 12.8 Å². The van der Waals surface area contributed by atoms with Crippen LogP contribution in [0.1, 0.15) is 18.5 Å². The van der Waals surface area contributed by atoms with Gasteiger partial charge in [0.05, 0.1) is 6.42 Å². The van der Waals surface area contributed by atoms with E-state index in [0.717, 1.165) is 0 Å². The van der Waals surface area contributed by atoms with Crippen LogP contribution in [0.4, 0.5) is 14.5 Å². The lowest BCUT2D eigenvalue weighted by molar-refractivity contribution is -0.138. The summed E-state index contributed by atoms with van der Waals surface area (Å²) in [7, 11) is 0. The number of hydrogen-bond acceptors (Lipinski definition) is 3. The monoisotopic (exact) mass is 242 g/mol. The number of alkyl halides is 2. The van der Waals surface area contributed by atoms with E-state index in [0.29, 0.717) is 18.8 Å². The Hall–Kier alpha value is -1.72. The lowest BCUT2D eigenvalue weighted by Gasteiger charge is -2.40. The summed E-state index contributed by atoms with van der Waals surface area (Å²) in [6.45, 7) is 1.19. The van der Waals surface area contributed by atoms with Gasteiger partial charge in [-0.2, -0.15) is 0 Å². The third-order valence-corrected chi connectivity index (χ3v) is 2.77. The van der Waals surface area contributed by atoms with Gasteiger partial charge in [0.25, 0.3) is 6.43 Å². The van der Waals surface area contributed by atoms with Crippen LogP contribution in [0.2, 0.25) is 0 Å². The molecule has 0 bridgehead atoms. The van der Waals surface area contributed by atoms with E-state index in [-0.39, 0.29) is 18.0 Å². The molecule has 0 spiro atoms. The summed E-state index contributed by atoms with van der Waals surface area (Å²) in [6, 6.07) is 3.00. The van der Waals surface area contributed by atoms with Crippen LogP contribution in [-0.4, -0.2) is 29.1 Å². The highest BCUT2D eigenvalue weighted by Gasteiger charge is 2.29. The minimum absolute atomic E-state index is 0.107. The van der Waals surface area contributed by atoms with Gasteiger partial charge < -0.3 is 10.0 Å².